The number of aromatic nitrogens is 3. The molecule has 3 aromatic carbocycles. The second-order valence-corrected chi connectivity index (χ2v) is 11.5. The molecule has 5 rings (SSSR count). The van der Waals surface area contributed by atoms with Crippen molar-refractivity contribution in [1.29, 1.82) is 0 Å². The molecule has 1 N–H and O–H groups in total. The highest BCUT2D eigenvalue weighted by atomic mass is 35.5. The quantitative estimate of drug-likeness (QED) is 0.176. The molecule has 1 atom stereocenters. The van der Waals surface area contributed by atoms with Crippen LogP contribution < -0.4 is 5.32 Å². The first-order chi connectivity index (χ1) is 19.0. The molecule has 0 bridgehead atoms. The maximum Gasteiger partial charge on any atom is 0.225 e. The largest absolute Gasteiger partial charge is 0.345 e. The van der Waals surface area contributed by atoms with E-state index < -0.39 is 6.04 Å². The second kappa shape index (κ2) is 12.6. The molecule has 0 aliphatic heterocycles. The summed E-state index contributed by atoms with van der Waals surface area (Å²) in [5.41, 5.74) is 3.87. The van der Waals surface area contributed by atoms with E-state index >= 15 is 0 Å². The standard InChI is InChI=1S/C30H26ClFN4OS2/c1-20-9-12-23(31)17-27(20)36-29(34-35-30(36)39-19-22-10-13-24(32)14-11-22)26(16-21-6-3-2-4-7-21)33-28(37)18-25-8-5-15-38-25/h2-15,17,26H,16,18-19H2,1H3,(H,33,37). The smallest absolute Gasteiger partial charge is 0.225 e. The molecule has 0 aliphatic rings. The van der Waals surface area contributed by atoms with Gasteiger partial charge in [-0.1, -0.05) is 78.0 Å². The third-order valence-electron chi connectivity index (χ3n) is 6.20. The molecule has 0 saturated heterocycles. The fraction of sp³-hybridized carbons (Fsp3) is 0.167. The minimum Gasteiger partial charge on any atom is -0.345 e. The molecule has 0 radical (unpaired) electrons. The average molecular weight is 577 g/mol. The summed E-state index contributed by atoms with van der Waals surface area (Å²) in [6, 6.07) is 25.6. The van der Waals surface area contributed by atoms with E-state index in [1.165, 1.54) is 23.9 Å². The first-order valence-electron chi connectivity index (χ1n) is 12.4. The van der Waals surface area contributed by atoms with E-state index in [2.05, 4.69) is 15.5 Å². The van der Waals surface area contributed by atoms with Crippen molar-refractivity contribution in [2.24, 2.45) is 0 Å². The Balaban J connectivity index is 1.53. The summed E-state index contributed by atoms with van der Waals surface area (Å²) in [7, 11) is 0. The molecule has 5 aromatic rings. The van der Waals surface area contributed by atoms with Gasteiger partial charge < -0.3 is 5.32 Å². The third-order valence-corrected chi connectivity index (χ3v) is 8.31. The van der Waals surface area contributed by atoms with E-state index in [1.54, 1.807) is 23.5 Å². The zero-order valence-corrected chi connectivity index (χ0v) is 23.6. The van der Waals surface area contributed by atoms with E-state index in [-0.39, 0.29) is 11.7 Å². The van der Waals surface area contributed by atoms with Crippen LogP contribution in [-0.2, 0) is 23.4 Å². The lowest BCUT2D eigenvalue weighted by atomic mass is 10.0. The van der Waals surface area contributed by atoms with Gasteiger partial charge in [0.1, 0.15) is 5.82 Å². The molecule has 198 valence electrons. The van der Waals surface area contributed by atoms with Crippen molar-refractivity contribution in [2.45, 2.75) is 36.7 Å². The minimum atomic E-state index is -0.439. The Morgan fingerprint density at radius 2 is 1.82 bits per heavy atom. The molecule has 9 heteroatoms. The van der Waals surface area contributed by atoms with Crippen LogP contribution in [0, 0.1) is 12.7 Å². The average Bonchev–Trinajstić information content (AvgIpc) is 3.60. The summed E-state index contributed by atoms with van der Waals surface area (Å²) >= 11 is 9.49. The molecule has 39 heavy (non-hydrogen) atoms. The molecule has 2 aromatic heterocycles. The van der Waals surface area contributed by atoms with Gasteiger partial charge in [-0.15, -0.1) is 21.5 Å². The number of aryl methyl sites for hydroxylation is 1. The first-order valence-corrected chi connectivity index (χ1v) is 14.7. The van der Waals surface area contributed by atoms with Crippen LogP contribution in [0.25, 0.3) is 5.69 Å². The van der Waals surface area contributed by atoms with Gasteiger partial charge in [-0.2, -0.15) is 0 Å². The molecule has 1 amide bonds. The number of amides is 1. The highest BCUT2D eigenvalue weighted by molar-refractivity contribution is 7.98. The summed E-state index contributed by atoms with van der Waals surface area (Å²) in [6.07, 6.45) is 0.830. The van der Waals surface area contributed by atoms with Crippen molar-refractivity contribution in [2.75, 3.05) is 0 Å². The number of halogens is 2. The molecule has 1 unspecified atom stereocenters. The molecule has 0 saturated carbocycles. The first kappa shape index (κ1) is 27.1. The van der Waals surface area contributed by atoms with Crippen LogP contribution in [0.3, 0.4) is 0 Å². The Morgan fingerprint density at radius 1 is 1.03 bits per heavy atom. The number of nitrogens with zero attached hydrogens (tertiary/aromatic N) is 3. The molecular weight excluding hydrogens is 551 g/mol. The van der Waals surface area contributed by atoms with Crippen molar-refractivity contribution in [1.82, 2.24) is 20.1 Å². The Hall–Kier alpha value is -3.46. The predicted molar refractivity (Wildman–Crippen MR) is 156 cm³/mol. The van der Waals surface area contributed by atoms with Gasteiger partial charge >= 0.3 is 0 Å². The number of rotatable bonds is 10. The van der Waals surface area contributed by atoms with Crippen molar-refractivity contribution in [3.63, 3.8) is 0 Å². The topological polar surface area (TPSA) is 59.8 Å². The Bertz CT molecular complexity index is 1540. The van der Waals surface area contributed by atoms with E-state index in [1.807, 2.05) is 77.5 Å². The van der Waals surface area contributed by atoms with Gasteiger partial charge in [-0.05, 0) is 65.7 Å². The van der Waals surface area contributed by atoms with E-state index in [0.29, 0.717) is 34.6 Å². The number of nitrogens with one attached hydrogen (secondary N) is 1. The lowest BCUT2D eigenvalue weighted by Crippen LogP contribution is -2.33. The van der Waals surface area contributed by atoms with Crippen LogP contribution in [0.2, 0.25) is 5.02 Å². The van der Waals surface area contributed by atoms with Gasteiger partial charge in [0.15, 0.2) is 11.0 Å². The normalized spacial score (nSPS) is 11.9. The summed E-state index contributed by atoms with van der Waals surface area (Å²) in [5.74, 6) is 0.832. The van der Waals surface area contributed by atoms with Crippen molar-refractivity contribution >= 4 is 40.6 Å². The summed E-state index contributed by atoms with van der Waals surface area (Å²) in [6.45, 7) is 2.01. The lowest BCUT2D eigenvalue weighted by Gasteiger charge is -2.21. The number of carbonyl (C=O) groups excluding carboxylic acids is 1. The maximum atomic E-state index is 13.4. The number of hydrogen-bond acceptors (Lipinski definition) is 5. The maximum absolute atomic E-state index is 13.4. The molecule has 0 aliphatic carbocycles. The van der Waals surface area contributed by atoms with Gasteiger partial charge in [0, 0.05) is 15.7 Å². The SMILES string of the molecule is Cc1ccc(Cl)cc1-n1c(SCc2ccc(F)cc2)nnc1C(Cc1ccccc1)NC(=O)Cc1cccs1. The van der Waals surface area contributed by atoms with E-state index in [0.717, 1.165) is 27.3 Å². The van der Waals surface area contributed by atoms with E-state index in [4.69, 9.17) is 11.6 Å². The lowest BCUT2D eigenvalue weighted by molar-refractivity contribution is -0.121. The minimum absolute atomic E-state index is 0.0868. The summed E-state index contributed by atoms with van der Waals surface area (Å²) in [4.78, 5) is 14.2. The summed E-state index contributed by atoms with van der Waals surface area (Å²) < 4.78 is 15.4. The number of hydrogen-bond donors (Lipinski definition) is 1. The second-order valence-electron chi connectivity index (χ2n) is 9.09. The van der Waals surface area contributed by atoms with Gasteiger partial charge in [-0.3, -0.25) is 9.36 Å². The Kier molecular flexibility index (Phi) is 8.76. The molecule has 5 nitrogen and oxygen atoms in total. The van der Waals surface area contributed by atoms with Crippen molar-refractivity contribution in [3.8, 4) is 5.69 Å². The zero-order valence-electron chi connectivity index (χ0n) is 21.2. The fourth-order valence-corrected chi connectivity index (χ4v) is 6.03. The number of carbonyl (C=O) groups is 1. The van der Waals surface area contributed by atoms with Crippen LogP contribution >= 0.6 is 34.7 Å². The van der Waals surface area contributed by atoms with Gasteiger partial charge in [0.2, 0.25) is 5.91 Å². The van der Waals surface area contributed by atoms with E-state index in [9.17, 15) is 9.18 Å². The van der Waals surface area contributed by atoms with Gasteiger partial charge in [-0.25, -0.2) is 4.39 Å². The highest BCUT2D eigenvalue weighted by Gasteiger charge is 2.26. The van der Waals surface area contributed by atoms with Gasteiger partial charge in [0.25, 0.3) is 0 Å². The van der Waals surface area contributed by atoms with Crippen LogP contribution in [0.4, 0.5) is 4.39 Å². The highest BCUT2D eigenvalue weighted by Crippen LogP contribution is 2.31. The fourth-order valence-electron chi connectivity index (χ4n) is 4.25. The van der Waals surface area contributed by atoms with Crippen LogP contribution in [0.1, 0.15) is 33.4 Å². The Labute approximate surface area is 240 Å². The molecule has 0 spiro atoms. The van der Waals surface area contributed by atoms with Crippen molar-refractivity contribution in [3.05, 3.63) is 129 Å². The number of thiophene rings is 1. The predicted octanol–water partition coefficient (Wildman–Crippen LogP) is 7.36. The van der Waals surface area contributed by atoms with Crippen LogP contribution in [0.15, 0.2) is 95.5 Å². The van der Waals surface area contributed by atoms with Crippen LogP contribution in [0.5, 0.6) is 0 Å². The Morgan fingerprint density at radius 3 is 2.56 bits per heavy atom. The summed E-state index contributed by atoms with van der Waals surface area (Å²) in [5, 5.41) is 15.6. The van der Waals surface area contributed by atoms with Crippen molar-refractivity contribution < 1.29 is 9.18 Å². The molecule has 0 fully saturated rings. The monoisotopic (exact) mass is 576 g/mol. The zero-order chi connectivity index (χ0) is 27.2. The van der Waals surface area contributed by atoms with Gasteiger partial charge in [0.05, 0.1) is 18.2 Å². The van der Waals surface area contributed by atoms with Crippen LogP contribution in [-0.4, -0.2) is 20.7 Å². The third kappa shape index (κ3) is 6.95. The number of benzene rings is 3. The molecular formula is C30H26ClFN4OS2. The molecule has 2 heterocycles. The number of thioether (sulfide) groups is 1.